The first kappa shape index (κ1) is 18.1. The SMILES string of the molecule is N#C[C@@H]1CCCN1C(=O)CNC1C2CN(C(=O)c3ccc4ccccc4n3)CC21. The van der Waals surface area contributed by atoms with Crippen LogP contribution in [0.25, 0.3) is 10.9 Å². The molecule has 1 aliphatic carbocycles. The third-order valence-electron chi connectivity index (χ3n) is 6.51. The van der Waals surface area contributed by atoms with E-state index in [0.29, 0.717) is 37.2 Å². The molecule has 3 fully saturated rings. The van der Waals surface area contributed by atoms with Crippen LogP contribution in [-0.4, -0.2) is 64.9 Å². The van der Waals surface area contributed by atoms with Gasteiger partial charge in [-0.15, -0.1) is 0 Å². The van der Waals surface area contributed by atoms with Gasteiger partial charge in [0.05, 0.1) is 18.1 Å². The molecule has 2 aliphatic heterocycles. The van der Waals surface area contributed by atoms with Gasteiger partial charge in [0, 0.05) is 31.1 Å². The lowest BCUT2D eigenvalue weighted by Crippen LogP contribution is -2.43. The molecule has 2 amide bonds. The lowest BCUT2D eigenvalue weighted by atomic mass is 10.2. The Kier molecular flexibility index (Phi) is 4.44. The van der Waals surface area contributed by atoms with Crippen molar-refractivity contribution in [1.29, 1.82) is 5.26 Å². The standard InChI is InChI=1S/C22H23N5O2/c23-10-15-5-3-9-27(15)20(28)11-24-21-16-12-26(13-17(16)21)22(29)19-8-7-14-4-1-2-6-18(14)25-19/h1-2,4,6-8,15-17,21,24H,3,5,9,11-13H2/t15-,16?,17?,21?/m0/s1. The number of carbonyl (C=O) groups excluding carboxylic acids is 2. The maximum atomic E-state index is 12.8. The van der Waals surface area contributed by atoms with Crippen LogP contribution in [0.2, 0.25) is 0 Å². The first-order valence-corrected chi connectivity index (χ1v) is 10.2. The van der Waals surface area contributed by atoms with E-state index < -0.39 is 0 Å². The molecule has 1 saturated carbocycles. The van der Waals surface area contributed by atoms with Gasteiger partial charge in [0.2, 0.25) is 5.91 Å². The Bertz CT molecular complexity index is 1000. The van der Waals surface area contributed by atoms with Crippen molar-refractivity contribution in [3.8, 4) is 6.07 Å². The lowest BCUT2D eigenvalue weighted by molar-refractivity contribution is -0.130. The second-order valence-corrected chi connectivity index (χ2v) is 8.21. The maximum absolute atomic E-state index is 12.8. The van der Waals surface area contributed by atoms with Crippen molar-refractivity contribution in [3.05, 3.63) is 42.1 Å². The van der Waals surface area contributed by atoms with Gasteiger partial charge >= 0.3 is 0 Å². The second-order valence-electron chi connectivity index (χ2n) is 8.21. The molecule has 7 nitrogen and oxygen atoms in total. The molecule has 0 radical (unpaired) electrons. The minimum atomic E-state index is -0.273. The van der Waals surface area contributed by atoms with Gasteiger partial charge in [-0.25, -0.2) is 4.98 Å². The summed E-state index contributed by atoms with van der Waals surface area (Å²) in [4.78, 5) is 33.3. The minimum absolute atomic E-state index is 0.00678. The van der Waals surface area contributed by atoms with Crippen LogP contribution >= 0.6 is 0 Å². The van der Waals surface area contributed by atoms with E-state index in [4.69, 9.17) is 5.26 Å². The summed E-state index contributed by atoms with van der Waals surface area (Å²) in [5.41, 5.74) is 1.32. The van der Waals surface area contributed by atoms with Gasteiger partial charge in [-0.2, -0.15) is 5.26 Å². The number of aromatic nitrogens is 1. The molecule has 1 aromatic heterocycles. The molecule has 2 saturated heterocycles. The summed E-state index contributed by atoms with van der Waals surface area (Å²) in [6.07, 6.45) is 1.68. The van der Waals surface area contributed by atoms with Crippen LogP contribution in [-0.2, 0) is 4.79 Å². The van der Waals surface area contributed by atoms with Crippen LogP contribution in [0, 0.1) is 23.2 Å². The number of rotatable bonds is 4. The Balaban J connectivity index is 1.14. The number of likely N-dealkylation sites (tertiary alicyclic amines) is 2. The van der Waals surface area contributed by atoms with E-state index in [1.165, 1.54) is 0 Å². The fourth-order valence-corrected chi connectivity index (χ4v) is 4.85. The molecular formula is C22H23N5O2. The van der Waals surface area contributed by atoms with Gasteiger partial charge in [-0.3, -0.25) is 9.59 Å². The van der Waals surface area contributed by atoms with Crippen LogP contribution in [0.15, 0.2) is 36.4 Å². The van der Waals surface area contributed by atoms with E-state index in [0.717, 1.165) is 23.7 Å². The summed E-state index contributed by atoms with van der Waals surface area (Å²) in [5, 5.41) is 13.5. The van der Waals surface area contributed by atoms with Crippen LogP contribution < -0.4 is 5.32 Å². The Morgan fingerprint density at radius 2 is 1.97 bits per heavy atom. The zero-order valence-corrected chi connectivity index (χ0v) is 16.1. The quantitative estimate of drug-likeness (QED) is 0.854. The van der Waals surface area contributed by atoms with Crippen LogP contribution in [0.1, 0.15) is 23.3 Å². The minimum Gasteiger partial charge on any atom is -0.337 e. The zero-order valence-electron chi connectivity index (χ0n) is 16.1. The number of amides is 2. The Morgan fingerprint density at radius 3 is 2.76 bits per heavy atom. The molecule has 29 heavy (non-hydrogen) atoms. The molecule has 2 unspecified atom stereocenters. The van der Waals surface area contributed by atoms with E-state index in [1.54, 1.807) is 11.0 Å². The highest BCUT2D eigenvalue weighted by Gasteiger charge is 2.56. The molecule has 2 aromatic rings. The van der Waals surface area contributed by atoms with Crippen molar-refractivity contribution < 1.29 is 9.59 Å². The molecule has 3 aliphatic rings. The normalized spacial score (nSPS) is 27.7. The van der Waals surface area contributed by atoms with E-state index in [-0.39, 0.29) is 30.4 Å². The highest BCUT2D eigenvalue weighted by molar-refractivity contribution is 5.95. The van der Waals surface area contributed by atoms with Gasteiger partial charge < -0.3 is 15.1 Å². The summed E-state index contributed by atoms with van der Waals surface area (Å²) >= 11 is 0. The van der Waals surface area contributed by atoms with Gasteiger partial charge in [0.1, 0.15) is 11.7 Å². The summed E-state index contributed by atoms with van der Waals surface area (Å²) in [6.45, 7) is 2.36. The summed E-state index contributed by atoms with van der Waals surface area (Å²) in [6, 6.07) is 13.7. The number of benzene rings is 1. The van der Waals surface area contributed by atoms with Crippen molar-refractivity contribution in [2.24, 2.45) is 11.8 Å². The molecule has 7 heteroatoms. The maximum Gasteiger partial charge on any atom is 0.272 e. The number of nitrogens with one attached hydrogen (secondary N) is 1. The predicted molar refractivity (Wildman–Crippen MR) is 107 cm³/mol. The smallest absolute Gasteiger partial charge is 0.272 e. The fourth-order valence-electron chi connectivity index (χ4n) is 4.85. The van der Waals surface area contributed by atoms with Crippen molar-refractivity contribution in [3.63, 3.8) is 0 Å². The highest BCUT2D eigenvalue weighted by atomic mass is 16.2. The Hall–Kier alpha value is -2.98. The number of nitrogens with zero attached hydrogens (tertiary/aromatic N) is 4. The Morgan fingerprint density at radius 1 is 1.17 bits per heavy atom. The second kappa shape index (κ2) is 7.12. The van der Waals surface area contributed by atoms with Crippen LogP contribution in [0.5, 0.6) is 0 Å². The summed E-state index contributed by atoms with van der Waals surface area (Å²) in [5.74, 6) is 0.786. The molecule has 1 aromatic carbocycles. The average molecular weight is 389 g/mol. The number of para-hydroxylation sites is 1. The topological polar surface area (TPSA) is 89.3 Å². The summed E-state index contributed by atoms with van der Waals surface area (Å²) in [7, 11) is 0. The number of hydrogen-bond donors (Lipinski definition) is 1. The lowest BCUT2D eigenvalue weighted by Gasteiger charge is -2.22. The molecule has 3 atom stereocenters. The number of nitriles is 1. The number of carbonyl (C=O) groups is 2. The van der Waals surface area contributed by atoms with Crippen molar-refractivity contribution in [2.75, 3.05) is 26.2 Å². The van der Waals surface area contributed by atoms with E-state index >= 15 is 0 Å². The monoisotopic (exact) mass is 389 g/mol. The zero-order chi connectivity index (χ0) is 20.0. The van der Waals surface area contributed by atoms with Gasteiger partial charge in [-0.05, 0) is 36.8 Å². The van der Waals surface area contributed by atoms with Crippen LogP contribution in [0.3, 0.4) is 0 Å². The summed E-state index contributed by atoms with van der Waals surface area (Å²) < 4.78 is 0. The first-order chi connectivity index (χ1) is 14.2. The molecule has 0 bridgehead atoms. The third kappa shape index (κ3) is 3.23. The molecule has 3 heterocycles. The van der Waals surface area contributed by atoms with Crippen LogP contribution in [0.4, 0.5) is 0 Å². The van der Waals surface area contributed by atoms with E-state index in [1.807, 2.05) is 35.2 Å². The van der Waals surface area contributed by atoms with Gasteiger partial charge in [-0.1, -0.05) is 24.3 Å². The number of pyridine rings is 1. The van der Waals surface area contributed by atoms with Crippen molar-refractivity contribution in [1.82, 2.24) is 20.1 Å². The number of piperidine rings is 1. The van der Waals surface area contributed by atoms with E-state index in [9.17, 15) is 9.59 Å². The van der Waals surface area contributed by atoms with Crippen molar-refractivity contribution in [2.45, 2.75) is 24.9 Å². The fraction of sp³-hybridized carbons (Fsp3) is 0.455. The largest absolute Gasteiger partial charge is 0.337 e. The molecular weight excluding hydrogens is 366 g/mol. The highest BCUT2D eigenvalue weighted by Crippen LogP contribution is 2.45. The number of fused-ring (bicyclic) bond motifs is 2. The predicted octanol–water partition coefficient (Wildman–Crippen LogP) is 1.41. The first-order valence-electron chi connectivity index (χ1n) is 10.2. The molecule has 5 rings (SSSR count). The van der Waals surface area contributed by atoms with E-state index in [2.05, 4.69) is 16.4 Å². The average Bonchev–Trinajstić information content (AvgIpc) is 3.12. The van der Waals surface area contributed by atoms with Gasteiger partial charge in [0.15, 0.2) is 0 Å². The third-order valence-corrected chi connectivity index (χ3v) is 6.51. The molecule has 148 valence electrons. The Labute approximate surface area is 169 Å². The number of hydrogen-bond acceptors (Lipinski definition) is 5. The van der Waals surface area contributed by atoms with Gasteiger partial charge in [0.25, 0.3) is 5.91 Å². The molecule has 0 spiro atoms. The molecule has 1 N–H and O–H groups in total. The van der Waals surface area contributed by atoms with Crippen molar-refractivity contribution >= 4 is 22.7 Å².